The highest BCUT2D eigenvalue weighted by Crippen LogP contribution is 2.33. The van der Waals surface area contributed by atoms with Crippen molar-refractivity contribution in [3.05, 3.63) is 42.0 Å². The lowest BCUT2D eigenvalue weighted by atomic mass is 10.1. The van der Waals surface area contributed by atoms with E-state index in [1.165, 1.54) is 12.2 Å². The molecule has 0 saturated carbocycles. The quantitative estimate of drug-likeness (QED) is 0.512. The van der Waals surface area contributed by atoms with Gasteiger partial charge in [0.25, 0.3) is 11.8 Å². The number of amides is 4. The fourth-order valence-corrected chi connectivity index (χ4v) is 2.16. The van der Waals surface area contributed by atoms with Crippen LogP contribution < -0.4 is 14.8 Å². The first kappa shape index (κ1) is 13.9. The number of ether oxygens (including phenoxy) is 2. The first-order valence-corrected chi connectivity index (χ1v) is 6.49. The molecule has 2 heterocycles. The van der Waals surface area contributed by atoms with Crippen molar-refractivity contribution in [1.29, 1.82) is 0 Å². The lowest BCUT2D eigenvalue weighted by Crippen LogP contribution is -2.54. The predicted octanol–water partition coefficient (Wildman–Crippen LogP) is 1.06. The maximum Gasteiger partial charge on any atom is 0.331 e. The van der Waals surface area contributed by atoms with Gasteiger partial charge in [0.15, 0.2) is 11.5 Å². The number of barbiturate groups is 1. The largest absolute Gasteiger partial charge is 0.454 e. The predicted molar refractivity (Wildman–Crippen MR) is 76.0 cm³/mol. The minimum Gasteiger partial charge on any atom is -0.454 e. The van der Waals surface area contributed by atoms with Crippen LogP contribution in [0.4, 0.5) is 4.79 Å². The van der Waals surface area contributed by atoms with Crippen LogP contribution in [0.3, 0.4) is 0 Å². The molecule has 22 heavy (non-hydrogen) atoms. The molecule has 112 valence electrons. The maximum absolute atomic E-state index is 12.2. The van der Waals surface area contributed by atoms with Crippen molar-refractivity contribution in [2.75, 3.05) is 13.3 Å². The van der Waals surface area contributed by atoms with Gasteiger partial charge in [-0.25, -0.2) is 4.79 Å². The van der Waals surface area contributed by atoms with Gasteiger partial charge in [-0.1, -0.05) is 12.1 Å². The topological polar surface area (TPSA) is 84.9 Å². The van der Waals surface area contributed by atoms with Gasteiger partial charge in [0.1, 0.15) is 5.57 Å². The van der Waals surface area contributed by atoms with Crippen molar-refractivity contribution in [2.24, 2.45) is 0 Å². The van der Waals surface area contributed by atoms with E-state index in [1.54, 1.807) is 18.2 Å². The molecule has 4 amide bonds. The van der Waals surface area contributed by atoms with Gasteiger partial charge < -0.3 is 9.47 Å². The zero-order chi connectivity index (χ0) is 15.7. The highest BCUT2D eigenvalue weighted by atomic mass is 16.7. The molecule has 2 aliphatic heterocycles. The van der Waals surface area contributed by atoms with Crippen LogP contribution in [0.1, 0.15) is 5.56 Å². The summed E-state index contributed by atoms with van der Waals surface area (Å²) in [6.07, 6.45) is 2.81. The molecule has 2 aliphatic rings. The first-order valence-electron chi connectivity index (χ1n) is 6.49. The lowest BCUT2D eigenvalue weighted by Gasteiger charge is -2.25. The number of nitrogens with zero attached hydrogens (tertiary/aromatic N) is 1. The number of hydrogen-bond donors (Lipinski definition) is 1. The van der Waals surface area contributed by atoms with Gasteiger partial charge >= 0.3 is 6.03 Å². The van der Waals surface area contributed by atoms with Crippen molar-refractivity contribution in [3.63, 3.8) is 0 Å². The third-order valence-corrected chi connectivity index (χ3v) is 3.21. The SMILES string of the molecule is C=CCN1C(=O)NC(=O)/C(=C\c2ccc3c(c2)OCO3)C1=O. The minimum atomic E-state index is -0.752. The molecule has 1 saturated heterocycles. The van der Waals surface area contributed by atoms with E-state index < -0.39 is 17.8 Å². The summed E-state index contributed by atoms with van der Waals surface area (Å²) in [7, 11) is 0. The van der Waals surface area contributed by atoms with Crippen LogP contribution in [0.25, 0.3) is 6.08 Å². The minimum absolute atomic E-state index is 0.0242. The second kappa shape index (κ2) is 5.36. The normalized spacial score (nSPS) is 18.6. The van der Waals surface area contributed by atoms with E-state index in [0.717, 1.165) is 4.90 Å². The summed E-state index contributed by atoms with van der Waals surface area (Å²) < 4.78 is 10.4. The summed E-state index contributed by atoms with van der Waals surface area (Å²) in [5, 5.41) is 2.12. The van der Waals surface area contributed by atoms with Crippen LogP contribution in [0.15, 0.2) is 36.4 Å². The molecular formula is C15H12N2O5. The van der Waals surface area contributed by atoms with E-state index in [9.17, 15) is 14.4 Å². The van der Waals surface area contributed by atoms with Gasteiger partial charge in [0.2, 0.25) is 6.79 Å². The zero-order valence-corrected chi connectivity index (χ0v) is 11.5. The zero-order valence-electron chi connectivity index (χ0n) is 11.5. The number of nitrogens with one attached hydrogen (secondary N) is 1. The number of hydrogen-bond acceptors (Lipinski definition) is 5. The number of carbonyl (C=O) groups is 3. The average Bonchev–Trinajstić information content (AvgIpc) is 2.95. The smallest absolute Gasteiger partial charge is 0.331 e. The summed E-state index contributed by atoms with van der Waals surface area (Å²) in [4.78, 5) is 36.6. The Labute approximate surface area is 125 Å². The van der Waals surface area contributed by atoms with Crippen molar-refractivity contribution >= 4 is 23.9 Å². The van der Waals surface area contributed by atoms with E-state index in [4.69, 9.17) is 9.47 Å². The molecule has 1 fully saturated rings. The number of fused-ring (bicyclic) bond motifs is 1. The van der Waals surface area contributed by atoms with Crippen molar-refractivity contribution in [3.8, 4) is 11.5 Å². The molecule has 1 aromatic rings. The molecule has 1 N–H and O–H groups in total. The number of benzene rings is 1. The second-order valence-corrected chi connectivity index (χ2v) is 4.63. The Balaban J connectivity index is 1.94. The molecule has 0 unspecified atom stereocenters. The molecule has 0 atom stereocenters. The van der Waals surface area contributed by atoms with Crippen LogP contribution in [-0.4, -0.2) is 36.1 Å². The monoisotopic (exact) mass is 300 g/mol. The fourth-order valence-electron chi connectivity index (χ4n) is 2.16. The lowest BCUT2D eigenvalue weighted by molar-refractivity contribution is -0.129. The standard InChI is InChI=1S/C15H12N2O5/c1-2-5-17-14(19)10(13(18)16-15(17)20)6-9-3-4-11-12(7-9)22-8-21-11/h2-4,6-7H,1,5,8H2,(H,16,18,20)/b10-6+. The molecule has 0 radical (unpaired) electrons. The summed E-state index contributed by atoms with van der Waals surface area (Å²) in [6, 6.07) is 4.28. The summed E-state index contributed by atoms with van der Waals surface area (Å²) in [6.45, 7) is 3.64. The molecule has 3 rings (SSSR count). The van der Waals surface area contributed by atoms with Crippen molar-refractivity contribution in [2.45, 2.75) is 0 Å². The van der Waals surface area contributed by atoms with Crippen LogP contribution >= 0.6 is 0 Å². The van der Waals surface area contributed by atoms with Gasteiger partial charge in [-0.15, -0.1) is 6.58 Å². The molecule has 0 bridgehead atoms. The van der Waals surface area contributed by atoms with Gasteiger partial charge in [-0.05, 0) is 23.8 Å². The summed E-state index contributed by atoms with van der Waals surface area (Å²) in [5.74, 6) is -0.249. The Morgan fingerprint density at radius 3 is 2.77 bits per heavy atom. The Morgan fingerprint density at radius 1 is 1.23 bits per heavy atom. The molecule has 0 aromatic heterocycles. The molecule has 7 heteroatoms. The number of carbonyl (C=O) groups excluding carboxylic acids is 3. The van der Waals surface area contributed by atoms with Crippen LogP contribution in [0, 0.1) is 0 Å². The second-order valence-electron chi connectivity index (χ2n) is 4.63. The Hall–Kier alpha value is -3.09. The molecule has 7 nitrogen and oxygen atoms in total. The van der Waals surface area contributed by atoms with E-state index in [2.05, 4.69) is 11.9 Å². The third-order valence-electron chi connectivity index (χ3n) is 3.21. The van der Waals surface area contributed by atoms with Crippen molar-refractivity contribution in [1.82, 2.24) is 10.2 Å². The molecular weight excluding hydrogens is 288 g/mol. The van der Waals surface area contributed by atoms with Crippen molar-refractivity contribution < 1.29 is 23.9 Å². The van der Waals surface area contributed by atoms with E-state index in [-0.39, 0.29) is 18.9 Å². The average molecular weight is 300 g/mol. The number of imide groups is 2. The van der Waals surface area contributed by atoms with Gasteiger partial charge in [-0.3, -0.25) is 19.8 Å². The van der Waals surface area contributed by atoms with E-state index in [1.807, 2.05) is 0 Å². The van der Waals surface area contributed by atoms with Crippen LogP contribution in [-0.2, 0) is 9.59 Å². The number of urea groups is 1. The number of rotatable bonds is 3. The van der Waals surface area contributed by atoms with Crippen LogP contribution in [0.2, 0.25) is 0 Å². The maximum atomic E-state index is 12.2. The molecule has 0 aliphatic carbocycles. The molecule has 1 aromatic carbocycles. The highest BCUT2D eigenvalue weighted by Gasteiger charge is 2.34. The third kappa shape index (κ3) is 2.32. The Morgan fingerprint density at radius 2 is 2.00 bits per heavy atom. The van der Waals surface area contributed by atoms with E-state index in [0.29, 0.717) is 17.1 Å². The van der Waals surface area contributed by atoms with Gasteiger partial charge in [0, 0.05) is 6.54 Å². The Kier molecular flexibility index (Phi) is 3.38. The molecule has 0 spiro atoms. The summed E-state index contributed by atoms with van der Waals surface area (Å²) >= 11 is 0. The van der Waals surface area contributed by atoms with E-state index >= 15 is 0 Å². The fraction of sp³-hybridized carbons (Fsp3) is 0.133. The van der Waals surface area contributed by atoms with Gasteiger partial charge in [0.05, 0.1) is 0 Å². The first-order chi connectivity index (χ1) is 10.6. The summed E-state index contributed by atoms with van der Waals surface area (Å²) in [5.41, 5.74) is 0.468. The van der Waals surface area contributed by atoms with Crippen LogP contribution in [0.5, 0.6) is 11.5 Å². The Bertz CT molecular complexity index is 723. The van der Waals surface area contributed by atoms with Gasteiger partial charge in [-0.2, -0.15) is 0 Å². The highest BCUT2D eigenvalue weighted by molar-refractivity contribution is 6.31.